The van der Waals surface area contributed by atoms with Gasteiger partial charge in [-0.2, -0.15) is 0 Å². The summed E-state index contributed by atoms with van der Waals surface area (Å²) in [5.41, 5.74) is 0.0927. The highest BCUT2D eigenvalue weighted by atomic mass is 16.4. The van der Waals surface area contributed by atoms with Gasteiger partial charge in [0.1, 0.15) is 0 Å². The first-order chi connectivity index (χ1) is 13.2. The van der Waals surface area contributed by atoms with E-state index < -0.39 is 5.97 Å². The molecular formula is C24H40O4. The van der Waals surface area contributed by atoms with Crippen LogP contribution in [0.25, 0.3) is 0 Å². The van der Waals surface area contributed by atoms with E-state index in [1.54, 1.807) is 0 Å². The van der Waals surface area contributed by atoms with Crippen molar-refractivity contribution in [3.63, 3.8) is 0 Å². The summed E-state index contributed by atoms with van der Waals surface area (Å²) >= 11 is 0. The van der Waals surface area contributed by atoms with E-state index in [-0.39, 0.29) is 29.5 Å². The van der Waals surface area contributed by atoms with Crippen LogP contribution in [0.2, 0.25) is 0 Å². The van der Waals surface area contributed by atoms with Gasteiger partial charge in [0, 0.05) is 6.42 Å². The molecule has 0 aromatic carbocycles. The van der Waals surface area contributed by atoms with Crippen molar-refractivity contribution in [3.8, 4) is 0 Å². The van der Waals surface area contributed by atoms with Crippen molar-refractivity contribution in [3.05, 3.63) is 0 Å². The summed E-state index contributed by atoms with van der Waals surface area (Å²) in [6.07, 6.45) is 9.32. The maximum Gasteiger partial charge on any atom is 0.303 e. The molecule has 10 atom stereocenters. The average Bonchev–Trinajstić information content (AvgIpc) is 3.00. The Balaban J connectivity index is 1.61. The van der Waals surface area contributed by atoms with E-state index in [4.69, 9.17) is 5.11 Å². The van der Waals surface area contributed by atoms with Gasteiger partial charge < -0.3 is 15.3 Å². The van der Waals surface area contributed by atoms with Gasteiger partial charge >= 0.3 is 5.97 Å². The minimum Gasteiger partial charge on any atom is -0.481 e. The van der Waals surface area contributed by atoms with E-state index >= 15 is 0 Å². The number of carboxylic acid groups (broad SMARTS) is 1. The third kappa shape index (κ3) is 2.96. The zero-order chi connectivity index (χ0) is 20.3. The van der Waals surface area contributed by atoms with E-state index in [9.17, 15) is 15.0 Å². The number of hydrogen-bond donors (Lipinski definition) is 3. The third-order valence-corrected chi connectivity index (χ3v) is 10.3. The summed E-state index contributed by atoms with van der Waals surface area (Å²) in [7, 11) is 0. The van der Waals surface area contributed by atoms with Crippen LogP contribution < -0.4 is 0 Å². The van der Waals surface area contributed by atoms with E-state index in [2.05, 4.69) is 20.8 Å². The van der Waals surface area contributed by atoms with Crippen LogP contribution in [0, 0.1) is 46.3 Å². The van der Waals surface area contributed by atoms with Crippen LogP contribution in [-0.4, -0.2) is 33.5 Å². The monoisotopic (exact) mass is 392 g/mol. The summed E-state index contributed by atoms with van der Waals surface area (Å²) in [6.45, 7) is 6.89. The molecule has 4 aliphatic carbocycles. The predicted octanol–water partition coefficient (Wildman–Crippen LogP) is 4.48. The SMILES string of the molecule is CC(CCC(=O)O)C1CCC2C3C(O)CC4CCCCC4(C)C3CC(O)C12C. The molecule has 4 nitrogen and oxygen atoms in total. The molecule has 4 saturated carbocycles. The topological polar surface area (TPSA) is 77.8 Å². The third-order valence-electron chi connectivity index (χ3n) is 10.3. The molecule has 0 saturated heterocycles. The minimum atomic E-state index is -0.727. The van der Waals surface area contributed by atoms with Crippen molar-refractivity contribution in [2.24, 2.45) is 46.3 Å². The second-order valence-corrected chi connectivity index (χ2v) is 11.3. The lowest BCUT2D eigenvalue weighted by Gasteiger charge is -2.63. The van der Waals surface area contributed by atoms with Gasteiger partial charge in [-0.05, 0) is 91.3 Å². The van der Waals surface area contributed by atoms with Gasteiger partial charge in [-0.15, -0.1) is 0 Å². The quantitative estimate of drug-likeness (QED) is 0.659. The van der Waals surface area contributed by atoms with Crippen LogP contribution in [0.15, 0.2) is 0 Å². The summed E-state index contributed by atoms with van der Waals surface area (Å²) in [5, 5.41) is 31.8. The molecule has 0 aromatic rings. The molecular weight excluding hydrogens is 352 g/mol. The highest BCUT2D eigenvalue weighted by Crippen LogP contribution is 2.68. The Morgan fingerprint density at radius 3 is 2.54 bits per heavy atom. The second-order valence-electron chi connectivity index (χ2n) is 11.3. The Bertz CT molecular complexity index is 605. The molecule has 28 heavy (non-hydrogen) atoms. The van der Waals surface area contributed by atoms with E-state index in [1.807, 2.05) is 0 Å². The van der Waals surface area contributed by atoms with Gasteiger partial charge in [0.2, 0.25) is 0 Å². The van der Waals surface area contributed by atoms with Crippen molar-refractivity contribution >= 4 is 5.97 Å². The number of hydrogen-bond acceptors (Lipinski definition) is 3. The Labute approximate surface area is 170 Å². The summed E-state index contributed by atoms with van der Waals surface area (Å²) in [4.78, 5) is 11.1. The number of rotatable bonds is 4. The van der Waals surface area contributed by atoms with Gasteiger partial charge in [0.15, 0.2) is 0 Å². The minimum absolute atomic E-state index is 0.183. The highest BCUT2D eigenvalue weighted by Gasteiger charge is 2.65. The number of aliphatic hydroxyl groups is 2. The van der Waals surface area contributed by atoms with Gasteiger partial charge in [-0.3, -0.25) is 4.79 Å². The lowest BCUT2D eigenvalue weighted by molar-refractivity contribution is -0.201. The Morgan fingerprint density at radius 2 is 1.82 bits per heavy atom. The molecule has 0 bridgehead atoms. The Morgan fingerprint density at radius 1 is 1.07 bits per heavy atom. The number of carbonyl (C=O) groups is 1. The van der Waals surface area contributed by atoms with Crippen LogP contribution in [0.1, 0.15) is 85.0 Å². The molecule has 160 valence electrons. The molecule has 4 aliphatic rings. The Kier molecular flexibility index (Phi) is 5.36. The molecule has 0 aromatic heterocycles. The number of carboxylic acids is 1. The maximum absolute atomic E-state index is 11.5. The van der Waals surface area contributed by atoms with Crippen molar-refractivity contribution in [2.75, 3.05) is 0 Å². The number of fused-ring (bicyclic) bond motifs is 5. The zero-order valence-electron chi connectivity index (χ0n) is 17.9. The number of aliphatic carboxylic acids is 1. The van der Waals surface area contributed by atoms with E-state index in [1.165, 1.54) is 25.7 Å². The van der Waals surface area contributed by atoms with Gasteiger partial charge in [0.05, 0.1) is 12.2 Å². The van der Waals surface area contributed by atoms with Crippen LogP contribution in [0.4, 0.5) is 0 Å². The molecule has 4 fully saturated rings. The van der Waals surface area contributed by atoms with Crippen LogP contribution in [-0.2, 0) is 4.79 Å². The van der Waals surface area contributed by atoms with Crippen molar-refractivity contribution < 1.29 is 20.1 Å². The first kappa shape index (κ1) is 20.7. The van der Waals surface area contributed by atoms with Crippen LogP contribution in [0.3, 0.4) is 0 Å². The van der Waals surface area contributed by atoms with E-state index in [0.717, 1.165) is 25.7 Å². The molecule has 4 rings (SSSR count). The van der Waals surface area contributed by atoms with Crippen LogP contribution >= 0.6 is 0 Å². The molecule has 0 amide bonds. The average molecular weight is 393 g/mol. The summed E-state index contributed by atoms with van der Waals surface area (Å²) in [5.74, 6) is 1.66. The largest absolute Gasteiger partial charge is 0.481 e. The van der Waals surface area contributed by atoms with Gasteiger partial charge in [0.25, 0.3) is 0 Å². The fraction of sp³-hybridized carbons (Fsp3) is 0.958. The predicted molar refractivity (Wildman–Crippen MR) is 109 cm³/mol. The van der Waals surface area contributed by atoms with Crippen LogP contribution in [0.5, 0.6) is 0 Å². The van der Waals surface area contributed by atoms with Gasteiger partial charge in [-0.1, -0.05) is 33.6 Å². The molecule has 3 N–H and O–H groups in total. The normalized spacial score (nSPS) is 51.7. The number of aliphatic hydroxyl groups excluding tert-OH is 2. The fourth-order valence-corrected chi connectivity index (χ4v) is 8.74. The molecule has 0 spiro atoms. The smallest absolute Gasteiger partial charge is 0.303 e. The standard InChI is InChI=1S/C24H40O4/c1-14(7-10-21(27)28)16-8-9-17-22-18(13-20(26)24(16,17)3)23(2)11-5-4-6-15(23)12-19(22)25/h14-20,22,25-26H,4-13H2,1-3H3,(H,27,28). The lowest BCUT2D eigenvalue weighted by atomic mass is 9.43. The molecule has 0 aliphatic heterocycles. The highest BCUT2D eigenvalue weighted by molar-refractivity contribution is 5.66. The Hall–Kier alpha value is -0.610. The zero-order valence-corrected chi connectivity index (χ0v) is 17.9. The molecule has 4 heteroatoms. The molecule has 0 radical (unpaired) electrons. The van der Waals surface area contributed by atoms with Crippen molar-refractivity contribution in [2.45, 2.75) is 97.2 Å². The molecule has 0 heterocycles. The second kappa shape index (κ2) is 7.27. The molecule has 10 unspecified atom stereocenters. The van der Waals surface area contributed by atoms with E-state index in [0.29, 0.717) is 41.9 Å². The summed E-state index contributed by atoms with van der Waals surface area (Å²) in [6, 6.07) is 0. The first-order valence-electron chi connectivity index (χ1n) is 11.8. The van der Waals surface area contributed by atoms with Crippen molar-refractivity contribution in [1.29, 1.82) is 0 Å². The van der Waals surface area contributed by atoms with Crippen molar-refractivity contribution in [1.82, 2.24) is 0 Å². The lowest BCUT2D eigenvalue weighted by Crippen LogP contribution is -2.61. The summed E-state index contributed by atoms with van der Waals surface area (Å²) < 4.78 is 0. The maximum atomic E-state index is 11.5. The first-order valence-corrected chi connectivity index (χ1v) is 11.8. The van der Waals surface area contributed by atoms with Gasteiger partial charge in [-0.25, -0.2) is 0 Å². The fourth-order valence-electron chi connectivity index (χ4n) is 8.74.